The molecule has 2 aliphatic rings. The van der Waals surface area contributed by atoms with Crippen molar-refractivity contribution in [1.82, 2.24) is 14.5 Å². The standard InChI is InChI=1S/C19H23F3N6O2S/c1-27-16(29)13(31-11-3-2-6-25-14(11)19(20,21)22)15(24)26-17(27)28-7-4-18(5-8-28)10-30-9-12(18)23/h2-3,6,12H,4-5,7-10,23-24H2,1H3/t12-/m1/s1. The van der Waals surface area contributed by atoms with E-state index in [2.05, 4.69) is 9.97 Å². The third-order valence-electron chi connectivity index (χ3n) is 6.02. The molecule has 168 valence electrons. The molecule has 4 heterocycles. The number of anilines is 2. The first-order valence-electron chi connectivity index (χ1n) is 9.77. The molecule has 0 aromatic carbocycles. The molecule has 2 fully saturated rings. The van der Waals surface area contributed by atoms with Gasteiger partial charge in [-0.05, 0) is 25.0 Å². The van der Waals surface area contributed by atoms with Crippen LogP contribution in [0.1, 0.15) is 18.5 Å². The maximum absolute atomic E-state index is 13.3. The highest BCUT2D eigenvalue weighted by atomic mass is 32.2. The molecule has 2 aromatic heterocycles. The first-order valence-corrected chi connectivity index (χ1v) is 10.6. The fraction of sp³-hybridized carbons (Fsp3) is 0.526. The monoisotopic (exact) mass is 456 g/mol. The Kier molecular flexibility index (Phi) is 5.64. The van der Waals surface area contributed by atoms with Gasteiger partial charge in [-0.25, -0.2) is 0 Å². The minimum absolute atomic E-state index is 0.0161. The number of nitrogen functional groups attached to an aromatic ring is 1. The molecule has 2 saturated heterocycles. The molecule has 0 bridgehead atoms. The van der Waals surface area contributed by atoms with Crippen LogP contribution in [0.3, 0.4) is 0 Å². The zero-order chi connectivity index (χ0) is 22.4. The molecule has 1 atom stereocenters. The summed E-state index contributed by atoms with van der Waals surface area (Å²) in [6.07, 6.45) is -2.00. The summed E-state index contributed by atoms with van der Waals surface area (Å²) in [6, 6.07) is 2.61. The Hall–Kier alpha value is -2.31. The van der Waals surface area contributed by atoms with Crippen LogP contribution in [0.25, 0.3) is 0 Å². The highest BCUT2D eigenvalue weighted by molar-refractivity contribution is 7.99. The largest absolute Gasteiger partial charge is 0.434 e. The minimum atomic E-state index is -4.65. The lowest BCUT2D eigenvalue weighted by Crippen LogP contribution is -2.50. The molecule has 0 aliphatic carbocycles. The van der Waals surface area contributed by atoms with E-state index in [4.69, 9.17) is 16.2 Å². The molecular formula is C19H23F3N6O2S. The second-order valence-corrected chi connectivity index (χ2v) is 8.96. The number of nitrogens with two attached hydrogens (primary N) is 2. The number of hydrogen-bond acceptors (Lipinski definition) is 8. The molecule has 31 heavy (non-hydrogen) atoms. The molecule has 0 amide bonds. The second kappa shape index (κ2) is 7.99. The van der Waals surface area contributed by atoms with E-state index in [1.807, 2.05) is 4.90 Å². The number of rotatable bonds is 3. The number of nitrogens with zero attached hydrogens (tertiary/aromatic N) is 4. The molecular weight excluding hydrogens is 433 g/mol. The second-order valence-electron chi connectivity index (χ2n) is 7.91. The smallest absolute Gasteiger partial charge is 0.382 e. The van der Waals surface area contributed by atoms with E-state index in [1.54, 1.807) is 0 Å². The predicted molar refractivity (Wildman–Crippen MR) is 110 cm³/mol. The first-order chi connectivity index (χ1) is 14.6. The quantitative estimate of drug-likeness (QED) is 0.720. The molecule has 2 aromatic rings. The van der Waals surface area contributed by atoms with Gasteiger partial charge in [0.15, 0.2) is 5.69 Å². The van der Waals surface area contributed by atoms with Crippen LogP contribution in [-0.2, 0) is 18.0 Å². The van der Waals surface area contributed by atoms with E-state index in [0.29, 0.717) is 44.0 Å². The molecule has 1 spiro atoms. The van der Waals surface area contributed by atoms with Crippen LogP contribution < -0.4 is 21.9 Å². The molecule has 0 saturated carbocycles. The van der Waals surface area contributed by atoms with Gasteiger partial charge >= 0.3 is 6.18 Å². The summed E-state index contributed by atoms with van der Waals surface area (Å²) in [6.45, 7) is 2.43. The Bertz CT molecular complexity index is 1040. The van der Waals surface area contributed by atoms with Crippen molar-refractivity contribution in [2.75, 3.05) is 36.9 Å². The lowest BCUT2D eigenvalue weighted by molar-refractivity contribution is -0.143. The zero-order valence-corrected chi connectivity index (χ0v) is 17.7. The average Bonchev–Trinajstić information content (AvgIpc) is 3.08. The van der Waals surface area contributed by atoms with Crippen molar-refractivity contribution in [2.24, 2.45) is 18.2 Å². The van der Waals surface area contributed by atoms with E-state index in [0.717, 1.165) is 19.0 Å². The third-order valence-corrected chi connectivity index (χ3v) is 7.16. The molecule has 4 rings (SSSR count). The van der Waals surface area contributed by atoms with E-state index in [1.165, 1.54) is 23.7 Å². The van der Waals surface area contributed by atoms with Gasteiger partial charge in [0.2, 0.25) is 5.95 Å². The number of halogens is 3. The van der Waals surface area contributed by atoms with Gasteiger partial charge in [0.25, 0.3) is 5.56 Å². The Morgan fingerprint density at radius 2 is 2.03 bits per heavy atom. The number of ether oxygens (including phenoxy) is 1. The SMILES string of the molecule is Cn1c(N2CCC3(CC2)COC[C@H]3N)nc(N)c(Sc2cccnc2C(F)(F)F)c1=O. The Morgan fingerprint density at radius 1 is 1.32 bits per heavy atom. The number of aromatic nitrogens is 3. The molecule has 4 N–H and O–H groups in total. The fourth-order valence-corrected chi connectivity index (χ4v) is 5.11. The summed E-state index contributed by atoms with van der Waals surface area (Å²) in [5.74, 6) is 0.276. The summed E-state index contributed by atoms with van der Waals surface area (Å²) >= 11 is 0.624. The van der Waals surface area contributed by atoms with Crippen molar-refractivity contribution < 1.29 is 17.9 Å². The lowest BCUT2D eigenvalue weighted by atomic mass is 9.75. The van der Waals surface area contributed by atoms with E-state index in [9.17, 15) is 18.0 Å². The summed E-state index contributed by atoms with van der Waals surface area (Å²) in [7, 11) is 1.54. The van der Waals surface area contributed by atoms with Crippen LogP contribution in [0.15, 0.2) is 32.9 Å². The van der Waals surface area contributed by atoms with Crippen molar-refractivity contribution in [3.63, 3.8) is 0 Å². The molecule has 2 aliphatic heterocycles. The van der Waals surface area contributed by atoms with Crippen molar-refractivity contribution in [3.8, 4) is 0 Å². The van der Waals surface area contributed by atoms with Crippen LogP contribution in [0.4, 0.5) is 24.9 Å². The van der Waals surface area contributed by atoms with E-state index >= 15 is 0 Å². The summed E-state index contributed by atoms with van der Waals surface area (Å²) in [4.78, 5) is 22.4. The number of pyridine rings is 1. The van der Waals surface area contributed by atoms with Gasteiger partial charge in [-0.2, -0.15) is 18.2 Å². The minimum Gasteiger partial charge on any atom is -0.382 e. The van der Waals surface area contributed by atoms with Gasteiger partial charge in [-0.3, -0.25) is 14.3 Å². The number of alkyl halides is 3. The van der Waals surface area contributed by atoms with E-state index < -0.39 is 17.4 Å². The molecule has 8 nitrogen and oxygen atoms in total. The van der Waals surface area contributed by atoms with E-state index in [-0.39, 0.29) is 27.1 Å². The average molecular weight is 456 g/mol. The maximum atomic E-state index is 13.3. The van der Waals surface area contributed by atoms with Gasteiger partial charge in [0, 0.05) is 42.7 Å². The summed E-state index contributed by atoms with van der Waals surface area (Å²) in [5, 5.41) is 0. The predicted octanol–water partition coefficient (Wildman–Crippen LogP) is 1.87. The van der Waals surface area contributed by atoms with Crippen LogP contribution in [0.2, 0.25) is 0 Å². The summed E-state index contributed by atoms with van der Waals surface area (Å²) in [5.41, 5.74) is 10.6. The van der Waals surface area contributed by atoms with Crippen LogP contribution in [0, 0.1) is 5.41 Å². The van der Waals surface area contributed by atoms with Gasteiger partial charge in [0.1, 0.15) is 10.7 Å². The maximum Gasteiger partial charge on any atom is 0.434 e. The van der Waals surface area contributed by atoms with Crippen molar-refractivity contribution in [1.29, 1.82) is 0 Å². The highest BCUT2D eigenvalue weighted by Gasteiger charge is 2.44. The van der Waals surface area contributed by atoms with Crippen LogP contribution >= 0.6 is 11.8 Å². The Morgan fingerprint density at radius 3 is 2.65 bits per heavy atom. The highest BCUT2D eigenvalue weighted by Crippen LogP contribution is 2.40. The van der Waals surface area contributed by atoms with Crippen LogP contribution in [-0.4, -0.2) is 46.9 Å². The van der Waals surface area contributed by atoms with Crippen molar-refractivity contribution >= 4 is 23.5 Å². The van der Waals surface area contributed by atoms with Gasteiger partial charge in [0.05, 0.1) is 13.2 Å². The molecule has 12 heteroatoms. The zero-order valence-electron chi connectivity index (χ0n) is 16.9. The number of hydrogen-bond donors (Lipinski definition) is 2. The normalized spacial score (nSPS) is 21.1. The van der Waals surface area contributed by atoms with Crippen molar-refractivity contribution in [3.05, 3.63) is 34.4 Å². The van der Waals surface area contributed by atoms with Gasteiger partial charge in [-0.1, -0.05) is 11.8 Å². The van der Waals surface area contributed by atoms with Crippen LogP contribution in [0.5, 0.6) is 0 Å². The molecule has 0 radical (unpaired) electrons. The fourth-order valence-electron chi connectivity index (χ4n) is 4.10. The topological polar surface area (TPSA) is 112 Å². The molecule has 0 unspecified atom stereocenters. The van der Waals surface area contributed by atoms with Gasteiger partial charge in [-0.15, -0.1) is 0 Å². The Balaban J connectivity index is 1.61. The lowest BCUT2D eigenvalue weighted by Gasteiger charge is -2.41. The summed E-state index contributed by atoms with van der Waals surface area (Å²) < 4.78 is 46.6. The first kappa shape index (κ1) is 21.9. The third kappa shape index (κ3) is 3.99. The van der Waals surface area contributed by atoms with Gasteiger partial charge < -0.3 is 21.1 Å². The number of piperidine rings is 1. The van der Waals surface area contributed by atoms with Crippen molar-refractivity contribution in [2.45, 2.75) is 34.9 Å². The Labute approximate surface area is 180 Å².